The SMILES string of the molecule is CCc1nnc2sc(-c3ccc(OC)c(NC(=O)COc4ccc([N+](=O)[O-])cc4)c3)nn12. The Morgan fingerprint density at radius 3 is 2.69 bits per heavy atom. The number of hydrogen-bond donors (Lipinski definition) is 1. The molecule has 0 fully saturated rings. The summed E-state index contributed by atoms with van der Waals surface area (Å²) >= 11 is 1.39. The van der Waals surface area contributed by atoms with Crippen LogP contribution in [0, 0.1) is 10.1 Å². The average molecular weight is 454 g/mol. The first kappa shape index (κ1) is 21.2. The molecule has 0 bridgehead atoms. The van der Waals surface area contributed by atoms with Crippen LogP contribution in [0.25, 0.3) is 15.5 Å². The van der Waals surface area contributed by atoms with Crippen molar-refractivity contribution in [3.05, 3.63) is 58.4 Å². The van der Waals surface area contributed by atoms with Gasteiger partial charge >= 0.3 is 0 Å². The van der Waals surface area contributed by atoms with E-state index < -0.39 is 10.8 Å². The molecule has 0 saturated carbocycles. The maximum atomic E-state index is 12.4. The Kier molecular flexibility index (Phi) is 5.94. The summed E-state index contributed by atoms with van der Waals surface area (Å²) in [5.41, 5.74) is 1.19. The molecular weight excluding hydrogens is 436 g/mol. The Balaban J connectivity index is 1.48. The van der Waals surface area contributed by atoms with Crippen LogP contribution < -0.4 is 14.8 Å². The predicted molar refractivity (Wildman–Crippen MR) is 117 cm³/mol. The van der Waals surface area contributed by atoms with Crippen molar-refractivity contribution >= 4 is 33.6 Å². The summed E-state index contributed by atoms with van der Waals surface area (Å²) < 4.78 is 12.5. The van der Waals surface area contributed by atoms with Crippen molar-refractivity contribution < 1.29 is 19.2 Å². The van der Waals surface area contributed by atoms with Gasteiger partial charge in [0.15, 0.2) is 12.4 Å². The van der Waals surface area contributed by atoms with Gasteiger partial charge in [-0.1, -0.05) is 18.3 Å². The topological polar surface area (TPSA) is 134 Å². The lowest BCUT2D eigenvalue weighted by Gasteiger charge is -2.12. The summed E-state index contributed by atoms with van der Waals surface area (Å²) in [6, 6.07) is 10.8. The van der Waals surface area contributed by atoms with E-state index in [2.05, 4.69) is 20.6 Å². The largest absolute Gasteiger partial charge is 0.495 e. The third-order valence-corrected chi connectivity index (χ3v) is 5.46. The number of hydrogen-bond acceptors (Lipinski definition) is 9. The summed E-state index contributed by atoms with van der Waals surface area (Å²) in [6.07, 6.45) is 0.711. The molecule has 12 heteroatoms. The van der Waals surface area contributed by atoms with Crippen LogP contribution in [0.15, 0.2) is 42.5 Å². The van der Waals surface area contributed by atoms with Crippen LogP contribution in [-0.4, -0.2) is 44.4 Å². The smallest absolute Gasteiger partial charge is 0.269 e. The third kappa shape index (κ3) is 4.34. The quantitative estimate of drug-likeness (QED) is 0.316. The number of ether oxygens (including phenoxy) is 2. The van der Waals surface area contributed by atoms with E-state index >= 15 is 0 Å². The molecule has 11 nitrogen and oxygen atoms in total. The zero-order chi connectivity index (χ0) is 22.7. The average Bonchev–Trinajstić information content (AvgIpc) is 3.38. The monoisotopic (exact) mass is 454 g/mol. The number of anilines is 1. The summed E-state index contributed by atoms with van der Waals surface area (Å²) in [4.78, 5) is 23.3. The maximum absolute atomic E-state index is 12.4. The van der Waals surface area contributed by atoms with Crippen molar-refractivity contribution in [2.45, 2.75) is 13.3 Å². The molecule has 0 spiro atoms. The van der Waals surface area contributed by atoms with Gasteiger partial charge in [-0.15, -0.1) is 10.2 Å². The van der Waals surface area contributed by atoms with Gasteiger partial charge in [0.2, 0.25) is 4.96 Å². The molecule has 0 aliphatic heterocycles. The highest BCUT2D eigenvalue weighted by molar-refractivity contribution is 7.19. The Labute approximate surface area is 185 Å². The first-order chi connectivity index (χ1) is 15.5. The van der Waals surface area contributed by atoms with E-state index in [-0.39, 0.29) is 12.3 Å². The van der Waals surface area contributed by atoms with E-state index in [0.717, 1.165) is 16.4 Å². The Morgan fingerprint density at radius 2 is 2.00 bits per heavy atom. The molecule has 0 unspecified atom stereocenters. The van der Waals surface area contributed by atoms with Crippen LogP contribution in [0.1, 0.15) is 12.7 Å². The van der Waals surface area contributed by atoms with Crippen LogP contribution >= 0.6 is 11.3 Å². The van der Waals surface area contributed by atoms with E-state index in [4.69, 9.17) is 9.47 Å². The van der Waals surface area contributed by atoms with Gasteiger partial charge in [-0.25, -0.2) is 0 Å². The minimum absolute atomic E-state index is 0.0557. The van der Waals surface area contributed by atoms with Gasteiger partial charge in [0.05, 0.1) is 17.7 Å². The molecule has 2 aromatic heterocycles. The number of benzene rings is 2. The minimum atomic E-state index is -0.505. The van der Waals surface area contributed by atoms with Gasteiger partial charge in [0.25, 0.3) is 11.6 Å². The molecule has 4 aromatic rings. The van der Waals surface area contributed by atoms with E-state index in [1.54, 1.807) is 16.6 Å². The second kappa shape index (κ2) is 8.98. The van der Waals surface area contributed by atoms with Gasteiger partial charge < -0.3 is 14.8 Å². The van der Waals surface area contributed by atoms with Crippen LogP contribution in [0.3, 0.4) is 0 Å². The van der Waals surface area contributed by atoms with Gasteiger partial charge in [-0.2, -0.15) is 9.61 Å². The lowest BCUT2D eigenvalue weighted by Crippen LogP contribution is -2.20. The number of methoxy groups -OCH3 is 1. The normalized spacial score (nSPS) is 10.8. The number of non-ortho nitro benzene ring substituents is 1. The second-order valence-corrected chi connectivity index (χ2v) is 7.53. The van der Waals surface area contributed by atoms with Gasteiger partial charge in [0, 0.05) is 24.1 Å². The maximum Gasteiger partial charge on any atom is 0.269 e. The fourth-order valence-electron chi connectivity index (χ4n) is 2.93. The number of fused-ring (bicyclic) bond motifs is 1. The first-order valence-corrected chi connectivity index (χ1v) is 10.4. The van der Waals surface area contributed by atoms with Crippen LogP contribution in [-0.2, 0) is 11.2 Å². The highest BCUT2D eigenvalue weighted by atomic mass is 32.1. The van der Waals surface area contributed by atoms with Crippen LogP contribution in [0.4, 0.5) is 11.4 Å². The minimum Gasteiger partial charge on any atom is -0.495 e. The number of aryl methyl sites for hydroxylation is 1. The van der Waals surface area contributed by atoms with Gasteiger partial charge in [0.1, 0.15) is 16.5 Å². The molecule has 0 saturated heterocycles. The number of carbonyl (C=O) groups is 1. The Bertz CT molecular complexity index is 1280. The molecule has 32 heavy (non-hydrogen) atoms. The molecule has 2 heterocycles. The lowest BCUT2D eigenvalue weighted by atomic mass is 10.2. The summed E-state index contributed by atoms with van der Waals surface area (Å²) in [6.45, 7) is 1.71. The number of nitro groups is 1. The molecule has 4 rings (SSSR count). The lowest BCUT2D eigenvalue weighted by molar-refractivity contribution is -0.384. The van der Waals surface area contributed by atoms with Gasteiger partial charge in [-0.05, 0) is 30.3 Å². The summed E-state index contributed by atoms with van der Waals surface area (Å²) in [7, 11) is 1.51. The highest BCUT2D eigenvalue weighted by Crippen LogP contribution is 2.33. The van der Waals surface area contributed by atoms with E-state index in [0.29, 0.717) is 28.6 Å². The van der Waals surface area contributed by atoms with Gasteiger partial charge in [-0.3, -0.25) is 14.9 Å². The molecule has 0 aliphatic carbocycles. The molecule has 1 N–H and O–H groups in total. The summed E-state index contributed by atoms with van der Waals surface area (Å²) in [5, 5.41) is 27.0. The zero-order valence-corrected chi connectivity index (χ0v) is 18.0. The zero-order valence-electron chi connectivity index (χ0n) is 17.1. The number of nitro benzene ring substituents is 1. The van der Waals surface area contributed by atoms with Crippen molar-refractivity contribution in [2.24, 2.45) is 0 Å². The molecule has 0 radical (unpaired) electrons. The Morgan fingerprint density at radius 1 is 1.22 bits per heavy atom. The van der Waals surface area contributed by atoms with E-state index in [9.17, 15) is 14.9 Å². The first-order valence-electron chi connectivity index (χ1n) is 9.55. The predicted octanol–water partition coefficient (Wildman–Crippen LogP) is 3.35. The standard InChI is InChI=1S/C20H18N6O5S/c1-3-17-22-23-20-25(17)24-19(32-20)12-4-9-16(30-2)15(10-12)21-18(27)11-31-14-7-5-13(6-8-14)26(28)29/h4-10H,3,11H2,1-2H3,(H,21,27). The number of nitrogens with one attached hydrogen (secondary N) is 1. The Hall–Kier alpha value is -4.06. The van der Waals surface area contributed by atoms with Crippen LogP contribution in [0.2, 0.25) is 0 Å². The van der Waals surface area contributed by atoms with Crippen molar-refractivity contribution in [3.8, 4) is 22.1 Å². The molecule has 1 amide bonds. The molecule has 0 atom stereocenters. The number of aromatic nitrogens is 4. The number of amides is 1. The third-order valence-electron chi connectivity index (χ3n) is 4.51. The van der Waals surface area contributed by atoms with E-state index in [1.807, 2.05) is 13.0 Å². The van der Waals surface area contributed by atoms with Crippen molar-refractivity contribution in [1.29, 1.82) is 0 Å². The molecular formula is C20H18N6O5S. The number of carbonyl (C=O) groups excluding carboxylic acids is 1. The van der Waals surface area contributed by atoms with Crippen LogP contribution in [0.5, 0.6) is 11.5 Å². The fourth-order valence-corrected chi connectivity index (χ4v) is 3.79. The molecule has 2 aromatic carbocycles. The summed E-state index contributed by atoms with van der Waals surface area (Å²) in [5.74, 6) is 1.19. The van der Waals surface area contributed by atoms with Crippen molar-refractivity contribution in [3.63, 3.8) is 0 Å². The number of rotatable bonds is 8. The van der Waals surface area contributed by atoms with Crippen molar-refractivity contribution in [1.82, 2.24) is 19.8 Å². The fraction of sp³-hybridized carbons (Fsp3) is 0.200. The molecule has 164 valence electrons. The number of nitrogens with zero attached hydrogens (tertiary/aromatic N) is 5. The van der Waals surface area contributed by atoms with Crippen molar-refractivity contribution in [2.75, 3.05) is 19.0 Å². The second-order valence-electron chi connectivity index (χ2n) is 6.57. The molecule has 0 aliphatic rings. The van der Waals surface area contributed by atoms with E-state index in [1.165, 1.54) is 42.7 Å². The highest BCUT2D eigenvalue weighted by Gasteiger charge is 2.15.